The van der Waals surface area contributed by atoms with Crippen LogP contribution in [-0.2, 0) is 23.9 Å². The van der Waals surface area contributed by atoms with Crippen LogP contribution in [-0.4, -0.2) is 76.4 Å². The molecule has 1 aromatic rings. The number of nitrogens with zero attached hydrogens (tertiary/aromatic N) is 1. The van der Waals surface area contributed by atoms with Crippen LogP contribution in [0.1, 0.15) is 65.1 Å². The average molecular weight is 510 g/mol. The van der Waals surface area contributed by atoms with Crippen LogP contribution in [0.15, 0.2) is 18.2 Å². The number of aromatic hydroxyl groups is 1. The van der Waals surface area contributed by atoms with Crippen LogP contribution >= 0.6 is 0 Å². The first-order chi connectivity index (χ1) is 16.7. The van der Waals surface area contributed by atoms with Crippen molar-refractivity contribution in [3.05, 3.63) is 29.3 Å². The molecule has 0 fully saturated rings. The molecule has 3 amide bonds. The lowest BCUT2D eigenvalue weighted by Crippen LogP contribution is -2.56. The third kappa shape index (κ3) is 9.37. The third-order valence-electron chi connectivity index (χ3n) is 4.98. The van der Waals surface area contributed by atoms with Gasteiger partial charge in [0.25, 0.3) is 0 Å². The number of rotatable bonds is 11. The van der Waals surface area contributed by atoms with E-state index in [-0.39, 0.29) is 25.3 Å². The Hall–Kier alpha value is -3.34. The Morgan fingerprint density at radius 1 is 1.14 bits per heavy atom. The molecular weight excluding hydrogens is 470 g/mol. The van der Waals surface area contributed by atoms with Crippen molar-refractivity contribution in [1.29, 1.82) is 0 Å². The molecule has 11 nitrogen and oxygen atoms in total. The van der Waals surface area contributed by atoms with Gasteiger partial charge in [-0.2, -0.15) is 0 Å². The van der Waals surface area contributed by atoms with Crippen molar-refractivity contribution >= 4 is 23.9 Å². The van der Waals surface area contributed by atoms with Crippen molar-refractivity contribution in [2.45, 2.75) is 78.6 Å². The summed E-state index contributed by atoms with van der Waals surface area (Å²) in [4.78, 5) is 52.1. The van der Waals surface area contributed by atoms with E-state index >= 15 is 0 Å². The Bertz CT molecular complexity index is 926. The van der Waals surface area contributed by atoms with Gasteiger partial charge in [-0.25, -0.2) is 4.79 Å². The summed E-state index contributed by atoms with van der Waals surface area (Å²) in [6.45, 7) is 11.1. The molecule has 0 saturated carbocycles. The van der Waals surface area contributed by atoms with Gasteiger partial charge < -0.3 is 35.2 Å². The highest BCUT2D eigenvalue weighted by molar-refractivity contribution is 5.92. The Morgan fingerprint density at radius 2 is 1.78 bits per heavy atom. The van der Waals surface area contributed by atoms with Crippen LogP contribution < -0.4 is 10.6 Å². The van der Waals surface area contributed by atoms with E-state index in [0.717, 1.165) is 0 Å². The van der Waals surface area contributed by atoms with Gasteiger partial charge in [0.15, 0.2) is 0 Å². The second kappa shape index (κ2) is 13.7. The molecule has 0 aliphatic heterocycles. The highest BCUT2D eigenvalue weighted by Gasteiger charge is 2.37. The number of ether oxygens (including phenoxy) is 2. The summed E-state index contributed by atoms with van der Waals surface area (Å²) in [7, 11) is 0. The van der Waals surface area contributed by atoms with Crippen molar-refractivity contribution in [2.24, 2.45) is 0 Å². The van der Waals surface area contributed by atoms with Crippen molar-refractivity contribution in [3.63, 3.8) is 0 Å². The van der Waals surface area contributed by atoms with E-state index in [0.29, 0.717) is 11.1 Å². The highest BCUT2D eigenvalue weighted by Crippen LogP contribution is 2.28. The predicted octanol–water partition coefficient (Wildman–Crippen LogP) is 1.93. The maximum absolute atomic E-state index is 13.5. The number of alkyl carbamates (subject to hydrolysis) is 1. The lowest BCUT2D eigenvalue weighted by Gasteiger charge is -2.37. The molecule has 0 aliphatic carbocycles. The number of carbonyl (C=O) groups is 4. The van der Waals surface area contributed by atoms with Gasteiger partial charge in [-0.1, -0.05) is 6.07 Å². The van der Waals surface area contributed by atoms with Gasteiger partial charge >= 0.3 is 12.1 Å². The van der Waals surface area contributed by atoms with E-state index in [1.54, 1.807) is 54.5 Å². The number of esters is 1. The monoisotopic (exact) mass is 509 g/mol. The van der Waals surface area contributed by atoms with Crippen LogP contribution in [0.3, 0.4) is 0 Å². The second-order valence-corrected chi connectivity index (χ2v) is 9.52. The number of hydrogen-bond acceptors (Lipinski definition) is 8. The molecule has 11 heteroatoms. The molecule has 1 aromatic carbocycles. The molecule has 0 spiro atoms. The van der Waals surface area contributed by atoms with Crippen LogP contribution in [0, 0.1) is 6.92 Å². The average Bonchev–Trinajstić information content (AvgIpc) is 2.75. The normalized spacial score (nSPS) is 12.9. The SMILES string of the molecule is CCOC(=O)CCNC(=O)C(c1ccc(O)c(C)c1)N(C(=O)C(CO)NC(=O)OC(C)(C)C)C(C)C. The van der Waals surface area contributed by atoms with Gasteiger partial charge in [0.2, 0.25) is 11.8 Å². The fraction of sp³-hybridized carbons (Fsp3) is 0.600. The van der Waals surface area contributed by atoms with E-state index in [1.807, 2.05) is 0 Å². The number of carbonyl (C=O) groups excluding carboxylic acids is 4. The smallest absolute Gasteiger partial charge is 0.408 e. The summed E-state index contributed by atoms with van der Waals surface area (Å²) >= 11 is 0. The number of phenolic OH excluding ortho intramolecular Hbond substituents is 1. The highest BCUT2D eigenvalue weighted by atomic mass is 16.6. The zero-order valence-electron chi connectivity index (χ0n) is 22.1. The molecule has 202 valence electrons. The Morgan fingerprint density at radius 3 is 2.28 bits per heavy atom. The number of amides is 3. The first-order valence-corrected chi connectivity index (χ1v) is 11.9. The third-order valence-corrected chi connectivity index (χ3v) is 4.98. The predicted molar refractivity (Wildman–Crippen MR) is 132 cm³/mol. The number of benzene rings is 1. The summed E-state index contributed by atoms with van der Waals surface area (Å²) in [6, 6.07) is 1.39. The molecule has 2 atom stereocenters. The molecule has 2 unspecified atom stereocenters. The van der Waals surface area contributed by atoms with Gasteiger partial charge in [-0.15, -0.1) is 0 Å². The molecule has 1 rings (SSSR count). The minimum Gasteiger partial charge on any atom is -0.508 e. The fourth-order valence-electron chi connectivity index (χ4n) is 3.40. The lowest BCUT2D eigenvalue weighted by molar-refractivity contribution is -0.146. The Labute approximate surface area is 212 Å². The first-order valence-electron chi connectivity index (χ1n) is 11.9. The summed E-state index contributed by atoms with van der Waals surface area (Å²) in [5, 5.41) is 24.9. The summed E-state index contributed by atoms with van der Waals surface area (Å²) in [5.41, 5.74) is 0.0593. The van der Waals surface area contributed by atoms with Gasteiger partial charge in [0.1, 0.15) is 23.4 Å². The van der Waals surface area contributed by atoms with E-state index in [4.69, 9.17) is 9.47 Å². The molecule has 0 bridgehead atoms. The Kier molecular flexibility index (Phi) is 11.7. The van der Waals surface area contributed by atoms with Crippen LogP contribution in [0.2, 0.25) is 0 Å². The van der Waals surface area contributed by atoms with Crippen LogP contribution in [0.25, 0.3) is 0 Å². The zero-order chi connectivity index (χ0) is 27.6. The van der Waals surface area contributed by atoms with E-state index in [9.17, 15) is 29.4 Å². The van der Waals surface area contributed by atoms with Gasteiger partial charge in [-0.3, -0.25) is 14.4 Å². The molecular formula is C25H39N3O8. The maximum atomic E-state index is 13.5. The number of hydrogen-bond donors (Lipinski definition) is 4. The molecule has 4 N–H and O–H groups in total. The number of nitrogens with one attached hydrogen (secondary N) is 2. The molecule has 0 aliphatic rings. The van der Waals surface area contributed by atoms with E-state index in [2.05, 4.69) is 10.6 Å². The summed E-state index contributed by atoms with van der Waals surface area (Å²) < 4.78 is 10.1. The summed E-state index contributed by atoms with van der Waals surface area (Å²) in [5.74, 6) is -1.76. The van der Waals surface area contributed by atoms with Gasteiger partial charge in [0, 0.05) is 12.6 Å². The quantitative estimate of drug-likeness (QED) is 0.330. The molecule has 36 heavy (non-hydrogen) atoms. The maximum Gasteiger partial charge on any atom is 0.408 e. The van der Waals surface area contributed by atoms with Crippen molar-refractivity contribution in [3.8, 4) is 5.75 Å². The van der Waals surface area contributed by atoms with Crippen molar-refractivity contribution in [1.82, 2.24) is 15.5 Å². The van der Waals surface area contributed by atoms with Crippen LogP contribution in [0.5, 0.6) is 5.75 Å². The number of phenols is 1. The van der Waals surface area contributed by atoms with Crippen molar-refractivity contribution in [2.75, 3.05) is 19.8 Å². The number of aryl methyl sites for hydroxylation is 1. The molecule has 0 aromatic heterocycles. The van der Waals surface area contributed by atoms with Crippen LogP contribution in [0.4, 0.5) is 4.79 Å². The number of aliphatic hydroxyl groups excluding tert-OH is 1. The summed E-state index contributed by atoms with van der Waals surface area (Å²) in [6.07, 6.45) is -0.953. The van der Waals surface area contributed by atoms with Gasteiger partial charge in [-0.05, 0) is 71.7 Å². The largest absolute Gasteiger partial charge is 0.508 e. The van der Waals surface area contributed by atoms with Crippen molar-refractivity contribution < 1.29 is 38.9 Å². The van der Waals surface area contributed by atoms with Gasteiger partial charge in [0.05, 0.1) is 19.6 Å². The lowest BCUT2D eigenvalue weighted by atomic mass is 9.99. The van der Waals surface area contributed by atoms with E-state index in [1.165, 1.54) is 17.0 Å². The van der Waals surface area contributed by atoms with E-state index < -0.39 is 54.2 Å². The minimum absolute atomic E-state index is 0.0162. The second-order valence-electron chi connectivity index (χ2n) is 9.52. The molecule has 0 radical (unpaired) electrons. The molecule has 0 heterocycles. The topological polar surface area (TPSA) is 154 Å². The fourth-order valence-corrected chi connectivity index (χ4v) is 3.40. The number of aliphatic hydroxyl groups is 1. The molecule has 0 saturated heterocycles. The zero-order valence-corrected chi connectivity index (χ0v) is 22.1. The standard InChI is InChI=1S/C25H39N3O8/c1-8-35-20(31)11-12-26-22(32)21(17-9-10-19(30)16(4)13-17)28(15(2)3)23(33)18(14-29)27-24(34)36-25(5,6)7/h9-10,13,15,18,21,29-30H,8,11-12,14H2,1-7H3,(H,26,32)(H,27,34). The Balaban J connectivity index is 3.32. The minimum atomic E-state index is -1.38. The first kappa shape index (κ1) is 30.7.